The Morgan fingerprint density at radius 3 is 2.42 bits per heavy atom. The van der Waals surface area contributed by atoms with Crippen LogP contribution in [0.25, 0.3) is 0 Å². The first-order valence-electron chi connectivity index (χ1n) is 8.71. The van der Waals surface area contributed by atoms with Crippen molar-refractivity contribution in [1.82, 2.24) is 5.32 Å². The molecule has 0 fully saturated rings. The van der Waals surface area contributed by atoms with E-state index < -0.39 is 0 Å². The maximum absolute atomic E-state index is 12.3. The molecule has 138 valence electrons. The van der Waals surface area contributed by atoms with Gasteiger partial charge in [-0.05, 0) is 37.1 Å². The molecule has 2 aromatic rings. The van der Waals surface area contributed by atoms with Crippen LogP contribution in [0.4, 0.5) is 0 Å². The zero-order valence-corrected chi connectivity index (χ0v) is 15.5. The third-order valence-corrected chi connectivity index (χ3v) is 4.04. The van der Waals surface area contributed by atoms with Gasteiger partial charge in [0.1, 0.15) is 0 Å². The summed E-state index contributed by atoms with van der Waals surface area (Å²) in [6, 6.07) is 14.7. The van der Waals surface area contributed by atoms with Crippen LogP contribution in [0.5, 0.6) is 11.5 Å². The monoisotopic (exact) mass is 355 g/mol. The van der Waals surface area contributed by atoms with Crippen molar-refractivity contribution in [2.24, 2.45) is 0 Å². The molecule has 0 saturated carbocycles. The summed E-state index contributed by atoms with van der Waals surface area (Å²) in [7, 11) is 1.50. The molecule has 0 aliphatic heterocycles. The van der Waals surface area contributed by atoms with Gasteiger partial charge < -0.3 is 14.8 Å². The molecule has 1 amide bonds. The summed E-state index contributed by atoms with van der Waals surface area (Å²) >= 11 is 0. The maximum atomic E-state index is 12.3. The van der Waals surface area contributed by atoms with Gasteiger partial charge in [0.15, 0.2) is 23.9 Å². The van der Waals surface area contributed by atoms with Gasteiger partial charge in [-0.25, -0.2) is 0 Å². The highest BCUT2D eigenvalue weighted by Crippen LogP contribution is 2.28. The molecule has 1 unspecified atom stereocenters. The van der Waals surface area contributed by atoms with Crippen molar-refractivity contribution in [3.63, 3.8) is 0 Å². The van der Waals surface area contributed by atoms with E-state index in [2.05, 4.69) is 12.2 Å². The number of carbonyl (C=O) groups is 2. The minimum atomic E-state index is -0.204. The number of rotatable bonds is 9. The standard InChI is InChI=1S/C21H25NO4/c1-4-8-18(16-9-6-5-7-10-16)22-21(24)14-26-19-12-11-17(15(2)23)13-20(19)25-3/h5-7,9-13,18H,4,8,14H2,1-3H3,(H,22,24). The predicted molar refractivity (Wildman–Crippen MR) is 101 cm³/mol. The number of ketones is 1. The number of amides is 1. The molecule has 26 heavy (non-hydrogen) atoms. The van der Waals surface area contributed by atoms with Gasteiger partial charge in [0.05, 0.1) is 13.2 Å². The van der Waals surface area contributed by atoms with Crippen LogP contribution in [0.3, 0.4) is 0 Å². The van der Waals surface area contributed by atoms with E-state index in [1.165, 1.54) is 14.0 Å². The highest BCUT2D eigenvalue weighted by atomic mass is 16.5. The van der Waals surface area contributed by atoms with Crippen LogP contribution in [0.1, 0.15) is 48.7 Å². The molecule has 0 radical (unpaired) electrons. The van der Waals surface area contributed by atoms with Crippen LogP contribution in [-0.2, 0) is 4.79 Å². The van der Waals surface area contributed by atoms with E-state index in [1.807, 2.05) is 30.3 Å². The van der Waals surface area contributed by atoms with E-state index >= 15 is 0 Å². The van der Waals surface area contributed by atoms with Crippen LogP contribution >= 0.6 is 0 Å². The van der Waals surface area contributed by atoms with Gasteiger partial charge in [0.25, 0.3) is 5.91 Å². The number of methoxy groups -OCH3 is 1. The predicted octanol–water partition coefficient (Wildman–Crippen LogP) is 3.93. The Bertz CT molecular complexity index is 743. The number of carbonyl (C=O) groups excluding carboxylic acids is 2. The summed E-state index contributed by atoms with van der Waals surface area (Å²) < 4.78 is 10.8. The smallest absolute Gasteiger partial charge is 0.258 e. The second-order valence-corrected chi connectivity index (χ2v) is 6.03. The highest BCUT2D eigenvalue weighted by Gasteiger charge is 2.15. The Morgan fingerprint density at radius 2 is 1.81 bits per heavy atom. The number of hydrogen-bond acceptors (Lipinski definition) is 4. The highest BCUT2D eigenvalue weighted by molar-refractivity contribution is 5.94. The topological polar surface area (TPSA) is 64.6 Å². The first kappa shape index (κ1) is 19.5. The fourth-order valence-corrected chi connectivity index (χ4v) is 2.68. The first-order valence-corrected chi connectivity index (χ1v) is 8.71. The number of Topliss-reactive ketones (excluding diaryl/α,β-unsaturated/α-hetero) is 1. The first-order chi connectivity index (χ1) is 12.5. The van der Waals surface area contributed by atoms with Gasteiger partial charge in [-0.2, -0.15) is 0 Å². The molecule has 0 aromatic heterocycles. The Balaban J connectivity index is 2.00. The van der Waals surface area contributed by atoms with Crippen LogP contribution in [0, 0.1) is 0 Å². The molecule has 0 spiro atoms. The quantitative estimate of drug-likeness (QED) is 0.692. The zero-order valence-electron chi connectivity index (χ0n) is 15.5. The third kappa shape index (κ3) is 5.34. The normalized spacial score (nSPS) is 11.5. The van der Waals surface area contributed by atoms with Gasteiger partial charge in [-0.15, -0.1) is 0 Å². The lowest BCUT2D eigenvalue weighted by Crippen LogP contribution is -2.32. The van der Waals surface area contributed by atoms with Gasteiger partial charge >= 0.3 is 0 Å². The van der Waals surface area contributed by atoms with Gasteiger partial charge in [-0.3, -0.25) is 9.59 Å². The molecule has 5 heteroatoms. The van der Waals surface area contributed by atoms with Crippen LogP contribution < -0.4 is 14.8 Å². The minimum absolute atomic E-state index is 0.0423. The second-order valence-electron chi connectivity index (χ2n) is 6.03. The van der Waals surface area contributed by atoms with E-state index in [4.69, 9.17) is 9.47 Å². The van der Waals surface area contributed by atoms with Crippen LogP contribution in [-0.4, -0.2) is 25.4 Å². The third-order valence-electron chi connectivity index (χ3n) is 4.04. The Hall–Kier alpha value is -2.82. The Morgan fingerprint density at radius 1 is 1.08 bits per heavy atom. The second kappa shape index (κ2) is 9.61. The van der Waals surface area contributed by atoms with Crippen LogP contribution in [0.2, 0.25) is 0 Å². The fourth-order valence-electron chi connectivity index (χ4n) is 2.68. The lowest BCUT2D eigenvalue weighted by atomic mass is 10.0. The molecular weight excluding hydrogens is 330 g/mol. The maximum Gasteiger partial charge on any atom is 0.258 e. The van der Waals surface area contributed by atoms with E-state index in [9.17, 15) is 9.59 Å². The Kier molecular flexibility index (Phi) is 7.21. The molecule has 1 atom stereocenters. The van der Waals surface area contributed by atoms with Gasteiger partial charge in [0.2, 0.25) is 0 Å². The molecular formula is C21H25NO4. The number of nitrogens with one attached hydrogen (secondary N) is 1. The molecule has 0 heterocycles. The molecule has 0 aliphatic rings. The van der Waals surface area contributed by atoms with Crippen molar-refractivity contribution in [2.45, 2.75) is 32.7 Å². The summed E-state index contributed by atoms with van der Waals surface area (Å²) in [5.41, 5.74) is 1.61. The van der Waals surface area contributed by atoms with Gasteiger partial charge in [0, 0.05) is 5.56 Å². The molecule has 0 saturated heterocycles. The number of ether oxygens (including phenoxy) is 2. The van der Waals surface area contributed by atoms with E-state index in [0.717, 1.165) is 18.4 Å². The zero-order chi connectivity index (χ0) is 18.9. The summed E-state index contributed by atoms with van der Waals surface area (Å²) in [5.74, 6) is 0.598. The van der Waals surface area contributed by atoms with Crippen molar-refractivity contribution in [1.29, 1.82) is 0 Å². The fraction of sp³-hybridized carbons (Fsp3) is 0.333. The molecule has 2 aromatic carbocycles. The largest absolute Gasteiger partial charge is 0.493 e. The van der Waals surface area contributed by atoms with Crippen molar-refractivity contribution in [2.75, 3.05) is 13.7 Å². The number of benzene rings is 2. The van der Waals surface area contributed by atoms with Gasteiger partial charge in [-0.1, -0.05) is 43.7 Å². The SMILES string of the molecule is CCCC(NC(=O)COc1ccc(C(C)=O)cc1OC)c1ccccc1. The minimum Gasteiger partial charge on any atom is -0.493 e. The molecule has 5 nitrogen and oxygen atoms in total. The van der Waals surface area contributed by atoms with Crippen molar-refractivity contribution in [3.8, 4) is 11.5 Å². The lowest BCUT2D eigenvalue weighted by molar-refractivity contribution is -0.123. The van der Waals surface area contributed by atoms with E-state index in [0.29, 0.717) is 17.1 Å². The molecule has 0 bridgehead atoms. The lowest BCUT2D eigenvalue weighted by Gasteiger charge is -2.19. The van der Waals surface area contributed by atoms with Crippen LogP contribution in [0.15, 0.2) is 48.5 Å². The van der Waals surface area contributed by atoms with Crippen molar-refractivity contribution < 1.29 is 19.1 Å². The molecule has 0 aliphatic carbocycles. The van der Waals surface area contributed by atoms with Crippen molar-refractivity contribution in [3.05, 3.63) is 59.7 Å². The Labute approximate surface area is 154 Å². The summed E-state index contributed by atoms with van der Waals surface area (Å²) in [5, 5.41) is 3.01. The van der Waals surface area contributed by atoms with Crippen molar-refractivity contribution >= 4 is 11.7 Å². The van der Waals surface area contributed by atoms with E-state index in [1.54, 1.807) is 18.2 Å². The summed E-state index contributed by atoms with van der Waals surface area (Å²) in [4.78, 5) is 23.8. The summed E-state index contributed by atoms with van der Waals surface area (Å²) in [6.45, 7) is 3.45. The van der Waals surface area contributed by atoms with E-state index in [-0.39, 0.29) is 24.3 Å². The number of hydrogen-bond donors (Lipinski definition) is 1. The average Bonchev–Trinajstić information content (AvgIpc) is 2.66. The summed E-state index contributed by atoms with van der Waals surface area (Å²) in [6.07, 6.45) is 1.81. The molecule has 1 N–H and O–H groups in total. The molecule has 2 rings (SSSR count). The average molecular weight is 355 g/mol.